The second kappa shape index (κ2) is 8.70. The van der Waals surface area contributed by atoms with E-state index in [1.807, 2.05) is 30.9 Å². The van der Waals surface area contributed by atoms with Crippen molar-refractivity contribution in [1.82, 2.24) is 0 Å². The number of nitrogens with zero attached hydrogens (tertiary/aromatic N) is 1. The van der Waals surface area contributed by atoms with Gasteiger partial charge in [0, 0.05) is 30.3 Å². The first-order chi connectivity index (χ1) is 12.5. The number of nitrogens with one attached hydrogen (secondary N) is 1. The van der Waals surface area contributed by atoms with Gasteiger partial charge in [0.05, 0.1) is 0 Å². The van der Waals surface area contributed by atoms with E-state index in [1.54, 1.807) is 0 Å². The lowest BCUT2D eigenvalue weighted by atomic mass is 9.86. The van der Waals surface area contributed by atoms with Crippen LogP contribution < -0.4 is 10.2 Å². The Kier molecular flexibility index (Phi) is 6.33. The maximum Gasteiger partial charge on any atom is 0.229 e. The van der Waals surface area contributed by atoms with Gasteiger partial charge in [-0.05, 0) is 42.9 Å². The standard InChI is InChI=1S/C22H32N2O2/c1-16(2)22(26)24-14-6-9-18-11-12-19(15-20(18)24)23-21(25)13-10-17-7-4-3-5-8-17/h11-12,15-17H,3-10,13-14H2,1-2H3,(H,23,25). The molecule has 3 rings (SSSR count). The van der Waals surface area contributed by atoms with Crippen LogP contribution in [0.3, 0.4) is 0 Å². The molecule has 1 heterocycles. The number of hydrogen-bond donors (Lipinski definition) is 1. The molecule has 4 heteroatoms. The monoisotopic (exact) mass is 356 g/mol. The lowest BCUT2D eigenvalue weighted by Crippen LogP contribution is -2.38. The lowest BCUT2D eigenvalue weighted by molar-refractivity contribution is -0.121. The average molecular weight is 357 g/mol. The molecule has 0 spiro atoms. The predicted octanol–water partition coefficient (Wildman–Crippen LogP) is 4.92. The number of carbonyl (C=O) groups excluding carboxylic acids is 2. The third-order valence-electron chi connectivity index (χ3n) is 5.75. The maximum absolute atomic E-state index is 12.5. The molecule has 0 radical (unpaired) electrons. The number of rotatable bonds is 5. The van der Waals surface area contributed by atoms with Gasteiger partial charge < -0.3 is 10.2 Å². The molecule has 2 aliphatic rings. The number of carbonyl (C=O) groups is 2. The Labute approximate surface area is 157 Å². The van der Waals surface area contributed by atoms with Crippen molar-refractivity contribution in [2.45, 2.75) is 71.6 Å². The predicted molar refractivity (Wildman–Crippen MR) is 106 cm³/mol. The second-order valence-electron chi connectivity index (χ2n) is 8.18. The van der Waals surface area contributed by atoms with Gasteiger partial charge >= 0.3 is 0 Å². The lowest BCUT2D eigenvalue weighted by Gasteiger charge is -2.31. The molecule has 0 atom stereocenters. The summed E-state index contributed by atoms with van der Waals surface area (Å²) < 4.78 is 0. The van der Waals surface area contributed by atoms with Crippen LogP contribution in [-0.2, 0) is 16.0 Å². The molecule has 4 nitrogen and oxygen atoms in total. The first-order valence-corrected chi connectivity index (χ1v) is 10.3. The molecule has 1 aliphatic heterocycles. The van der Waals surface area contributed by atoms with Gasteiger partial charge in [0.15, 0.2) is 0 Å². The van der Waals surface area contributed by atoms with E-state index in [9.17, 15) is 9.59 Å². The minimum atomic E-state index is -0.0188. The number of aryl methyl sites for hydroxylation is 1. The Morgan fingerprint density at radius 2 is 1.92 bits per heavy atom. The summed E-state index contributed by atoms with van der Waals surface area (Å²) in [5, 5.41) is 3.04. The molecule has 1 fully saturated rings. The fourth-order valence-corrected chi connectivity index (χ4v) is 4.23. The summed E-state index contributed by atoms with van der Waals surface area (Å²) in [5.41, 5.74) is 2.98. The SMILES string of the molecule is CC(C)C(=O)N1CCCc2ccc(NC(=O)CCC3CCCCC3)cc21. The third kappa shape index (κ3) is 4.66. The molecule has 0 saturated heterocycles. The van der Waals surface area contributed by atoms with Crippen molar-refractivity contribution in [2.24, 2.45) is 11.8 Å². The molecular formula is C22H32N2O2. The third-order valence-corrected chi connectivity index (χ3v) is 5.75. The topological polar surface area (TPSA) is 49.4 Å². The van der Waals surface area contributed by atoms with E-state index < -0.39 is 0 Å². The van der Waals surface area contributed by atoms with Gasteiger partial charge in [-0.2, -0.15) is 0 Å². The summed E-state index contributed by atoms with van der Waals surface area (Å²) in [7, 11) is 0. The van der Waals surface area contributed by atoms with Crippen LogP contribution in [-0.4, -0.2) is 18.4 Å². The number of hydrogen-bond acceptors (Lipinski definition) is 2. The summed E-state index contributed by atoms with van der Waals surface area (Å²) in [6.07, 6.45) is 10.1. The molecule has 1 aromatic carbocycles. The normalized spacial score (nSPS) is 17.9. The molecule has 0 aromatic heterocycles. The summed E-state index contributed by atoms with van der Waals surface area (Å²) >= 11 is 0. The molecule has 1 aromatic rings. The van der Waals surface area contributed by atoms with Crippen molar-refractivity contribution < 1.29 is 9.59 Å². The van der Waals surface area contributed by atoms with E-state index in [2.05, 4.69) is 11.4 Å². The minimum absolute atomic E-state index is 0.0188. The van der Waals surface area contributed by atoms with Crippen molar-refractivity contribution in [3.05, 3.63) is 23.8 Å². The quantitative estimate of drug-likeness (QED) is 0.814. The van der Waals surface area contributed by atoms with Gasteiger partial charge in [0.2, 0.25) is 11.8 Å². The molecule has 0 unspecified atom stereocenters. The first kappa shape index (κ1) is 18.9. The van der Waals surface area contributed by atoms with E-state index >= 15 is 0 Å². The fraction of sp³-hybridized carbons (Fsp3) is 0.636. The van der Waals surface area contributed by atoms with Gasteiger partial charge in [-0.1, -0.05) is 52.0 Å². The Balaban J connectivity index is 1.62. The highest BCUT2D eigenvalue weighted by Crippen LogP contribution is 2.31. The molecular weight excluding hydrogens is 324 g/mol. The van der Waals surface area contributed by atoms with Crippen molar-refractivity contribution >= 4 is 23.2 Å². The minimum Gasteiger partial charge on any atom is -0.326 e. The Bertz CT molecular complexity index is 648. The van der Waals surface area contributed by atoms with Crippen LogP contribution in [0.25, 0.3) is 0 Å². The highest BCUT2D eigenvalue weighted by molar-refractivity contribution is 5.97. The highest BCUT2D eigenvalue weighted by atomic mass is 16.2. The van der Waals surface area contributed by atoms with E-state index in [-0.39, 0.29) is 17.7 Å². The van der Waals surface area contributed by atoms with Crippen molar-refractivity contribution in [3.63, 3.8) is 0 Å². The molecule has 0 bridgehead atoms. The van der Waals surface area contributed by atoms with Crippen LogP contribution in [0, 0.1) is 11.8 Å². The van der Waals surface area contributed by atoms with Crippen LogP contribution in [0.1, 0.15) is 70.8 Å². The van der Waals surface area contributed by atoms with Crippen LogP contribution in [0.4, 0.5) is 11.4 Å². The molecule has 142 valence electrons. The number of fused-ring (bicyclic) bond motifs is 1. The summed E-state index contributed by atoms with van der Waals surface area (Å²) in [6.45, 7) is 4.64. The van der Waals surface area contributed by atoms with Crippen LogP contribution in [0.5, 0.6) is 0 Å². The summed E-state index contributed by atoms with van der Waals surface area (Å²) in [4.78, 5) is 26.8. The van der Waals surface area contributed by atoms with Crippen LogP contribution >= 0.6 is 0 Å². The molecule has 1 N–H and O–H groups in total. The number of amides is 2. The fourth-order valence-electron chi connectivity index (χ4n) is 4.23. The Morgan fingerprint density at radius 1 is 1.15 bits per heavy atom. The zero-order valence-corrected chi connectivity index (χ0v) is 16.2. The summed E-state index contributed by atoms with van der Waals surface area (Å²) in [5.74, 6) is 0.951. The van der Waals surface area contributed by atoms with Crippen molar-refractivity contribution in [1.29, 1.82) is 0 Å². The van der Waals surface area contributed by atoms with Gasteiger partial charge in [0.25, 0.3) is 0 Å². The van der Waals surface area contributed by atoms with Crippen molar-refractivity contribution in [3.8, 4) is 0 Å². The number of anilines is 2. The second-order valence-corrected chi connectivity index (χ2v) is 8.18. The van der Waals surface area contributed by atoms with Crippen LogP contribution in [0.15, 0.2) is 18.2 Å². The summed E-state index contributed by atoms with van der Waals surface area (Å²) in [6, 6.07) is 6.01. The van der Waals surface area contributed by atoms with Gasteiger partial charge in [0.1, 0.15) is 0 Å². The zero-order chi connectivity index (χ0) is 18.5. The van der Waals surface area contributed by atoms with Crippen molar-refractivity contribution in [2.75, 3.05) is 16.8 Å². The Morgan fingerprint density at radius 3 is 2.65 bits per heavy atom. The molecule has 1 aliphatic carbocycles. The zero-order valence-electron chi connectivity index (χ0n) is 16.2. The average Bonchev–Trinajstić information content (AvgIpc) is 2.66. The molecule has 26 heavy (non-hydrogen) atoms. The maximum atomic E-state index is 12.5. The Hall–Kier alpha value is -1.84. The van der Waals surface area contributed by atoms with E-state index in [0.717, 1.165) is 43.1 Å². The van der Waals surface area contributed by atoms with Gasteiger partial charge in [-0.15, -0.1) is 0 Å². The smallest absolute Gasteiger partial charge is 0.229 e. The number of benzene rings is 1. The van der Waals surface area contributed by atoms with E-state index in [4.69, 9.17) is 0 Å². The largest absolute Gasteiger partial charge is 0.326 e. The first-order valence-electron chi connectivity index (χ1n) is 10.3. The molecule has 1 saturated carbocycles. The van der Waals surface area contributed by atoms with E-state index in [0.29, 0.717) is 6.42 Å². The molecule has 2 amide bonds. The highest BCUT2D eigenvalue weighted by Gasteiger charge is 2.24. The van der Waals surface area contributed by atoms with Gasteiger partial charge in [-0.3, -0.25) is 9.59 Å². The van der Waals surface area contributed by atoms with Crippen LogP contribution in [0.2, 0.25) is 0 Å². The van der Waals surface area contributed by atoms with E-state index in [1.165, 1.54) is 37.7 Å². The van der Waals surface area contributed by atoms with Gasteiger partial charge in [-0.25, -0.2) is 0 Å².